The number of hydrogen-bond donors (Lipinski definition) is 2. The molecule has 8 heteroatoms. The molecule has 0 saturated heterocycles. The summed E-state index contributed by atoms with van der Waals surface area (Å²) in [5, 5.41) is 2.22. The number of alkyl halides is 2. The van der Waals surface area contributed by atoms with Crippen LogP contribution in [-0.2, 0) is 21.9 Å². The third kappa shape index (κ3) is 4.14. The van der Waals surface area contributed by atoms with Crippen LogP contribution in [-0.4, -0.2) is 29.6 Å². The third-order valence-corrected chi connectivity index (χ3v) is 3.98. The quantitative estimate of drug-likeness (QED) is 0.828. The number of benzene rings is 1. The molecule has 0 radical (unpaired) electrons. The molecule has 0 bridgehead atoms. The van der Waals surface area contributed by atoms with Gasteiger partial charge in [-0.2, -0.15) is 8.78 Å². The molecule has 0 fully saturated rings. The number of amides is 1. The van der Waals surface area contributed by atoms with Crippen LogP contribution in [0.25, 0.3) is 0 Å². The minimum Gasteiger partial charge on any atom is -0.463 e. The van der Waals surface area contributed by atoms with Crippen molar-refractivity contribution in [1.82, 2.24) is 4.98 Å². The number of pyridine rings is 1. The average molecular weight is 360 g/mol. The largest absolute Gasteiger partial charge is 0.463 e. The van der Waals surface area contributed by atoms with Crippen LogP contribution in [0.5, 0.6) is 0 Å². The number of nitrogens with two attached hydrogens (primary N) is 1. The van der Waals surface area contributed by atoms with Crippen molar-refractivity contribution in [2.45, 2.75) is 24.8 Å². The number of carbonyl (C=O) groups excluding carboxylic acids is 1. The number of ether oxygens (including phenoxy) is 1. The van der Waals surface area contributed by atoms with Gasteiger partial charge in [-0.15, -0.1) is 0 Å². The van der Waals surface area contributed by atoms with Crippen molar-refractivity contribution in [3.63, 3.8) is 0 Å². The summed E-state index contributed by atoms with van der Waals surface area (Å²) < 4.78 is 33.4. The Morgan fingerprint density at radius 1 is 1.27 bits per heavy atom. The summed E-state index contributed by atoms with van der Waals surface area (Å²) in [7, 11) is 0. The van der Waals surface area contributed by atoms with E-state index in [0.717, 1.165) is 24.5 Å². The van der Waals surface area contributed by atoms with Gasteiger partial charge in [-0.25, -0.2) is 4.99 Å². The van der Waals surface area contributed by atoms with Gasteiger partial charge in [-0.05, 0) is 42.7 Å². The number of nitrogens with zero attached hydrogens (tertiary/aromatic N) is 2. The predicted octanol–water partition coefficient (Wildman–Crippen LogP) is 2.46. The lowest BCUT2D eigenvalue weighted by Gasteiger charge is -2.15. The van der Waals surface area contributed by atoms with Gasteiger partial charge in [0.05, 0.1) is 6.04 Å². The summed E-state index contributed by atoms with van der Waals surface area (Å²) in [5.41, 5.74) is 6.16. The Morgan fingerprint density at radius 2 is 2.04 bits per heavy atom. The molecule has 1 aromatic carbocycles. The number of nitrogens with one attached hydrogen (secondary N) is 1. The fraction of sp³-hybridized carbons (Fsp3) is 0.278. The highest BCUT2D eigenvalue weighted by atomic mass is 19.3. The number of carbonyl (C=O) groups is 1. The lowest BCUT2D eigenvalue weighted by Crippen LogP contribution is -2.33. The van der Waals surface area contributed by atoms with Crippen LogP contribution in [0.2, 0.25) is 0 Å². The van der Waals surface area contributed by atoms with Gasteiger partial charge in [0.1, 0.15) is 12.3 Å². The number of anilines is 1. The van der Waals surface area contributed by atoms with Gasteiger partial charge in [0.2, 0.25) is 0 Å². The zero-order chi connectivity index (χ0) is 18.6. The van der Waals surface area contributed by atoms with Crippen LogP contribution in [0.1, 0.15) is 17.7 Å². The number of aryl methyl sites for hydroxylation is 1. The average Bonchev–Trinajstić information content (AvgIpc) is 3.07. The van der Waals surface area contributed by atoms with Crippen molar-refractivity contribution in [2.75, 3.05) is 11.9 Å². The first-order valence-corrected chi connectivity index (χ1v) is 8.11. The molecule has 26 heavy (non-hydrogen) atoms. The predicted molar refractivity (Wildman–Crippen MR) is 92.9 cm³/mol. The molecule has 2 heterocycles. The Balaban J connectivity index is 1.57. The minimum atomic E-state index is -3.71. The van der Waals surface area contributed by atoms with E-state index in [2.05, 4.69) is 15.3 Å². The molecule has 2 aromatic rings. The highest BCUT2D eigenvalue weighted by Gasteiger charge is 2.42. The molecule has 0 unspecified atom stereocenters. The number of rotatable bonds is 6. The van der Waals surface area contributed by atoms with Gasteiger partial charge >= 0.3 is 11.8 Å². The molecule has 1 aliphatic heterocycles. The number of halogens is 2. The Kier molecular flexibility index (Phi) is 5.11. The molecule has 3 rings (SSSR count). The number of hydrogen-bond acceptors (Lipinski definition) is 5. The monoisotopic (exact) mass is 360 g/mol. The maximum absolute atomic E-state index is 14.1. The first kappa shape index (κ1) is 17.8. The van der Waals surface area contributed by atoms with E-state index in [9.17, 15) is 13.6 Å². The second kappa shape index (κ2) is 7.47. The fourth-order valence-electron chi connectivity index (χ4n) is 2.55. The third-order valence-electron chi connectivity index (χ3n) is 3.98. The van der Waals surface area contributed by atoms with E-state index in [0.29, 0.717) is 12.3 Å². The topological polar surface area (TPSA) is 89.6 Å². The molecular formula is C18H18F2N4O2. The van der Waals surface area contributed by atoms with E-state index in [-0.39, 0.29) is 12.1 Å². The molecule has 136 valence electrons. The van der Waals surface area contributed by atoms with E-state index in [4.69, 9.17) is 10.5 Å². The zero-order valence-electron chi connectivity index (χ0n) is 13.9. The van der Waals surface area contributed by atoms with E-state index >= 15 is 0 Å². The van der Waals surface area contributed by atoms with E-state index in [1.807, 2.05) is 0 Å². The fourth-order valence-corrected chi connectivity index (χ4v) is 2.55. The minimum absolute atomic E-state index is 0.0337. The summed E-state index contributed by atoms with van der Waals surface area (Å²) in [6.45, 7) is 0.475. The van der Waals surface area contributed by atoms with Crippen LogP contribution in [0.4, 0.5) is 14.5 Å². The van der Waals surface area contributed by atoms with E-state index in [1.54, 1.807) is 24.3 Å². The highest BCUT2D eigenvalue weighted by Crippen LogP contribution is 2.27. The summed E-state index contributed by atoms with van der Waals surface area (Å²) in [6, 6.07) is 11.0. The molecular weight excluding hydrogens is 342 g/mol. The van der Waals surface area contributed by atoms with Crippen LogP contribution in [0.3, 0.4) is 0 Å². The molecule has 0 aliphatic carbocycles. The first-order valence-electron chi connectivity index (χ1n) is 8.11. The summed E-state index contributed by atoms with van der Waals surface area (Å²) >= 11 is 0. The molecule has 6 nitrogen and oxygen atoms in total. The van der Waals surface area contributed by atoms with Crippen molar-refractivity contribution < 1.29 is 18.3 Å². The Bertz CT molecular complexity index is 795. The van der Waals surface area contributed by atoms with Gasteiger partial charge in [0.15, 0.2) is 0 Å². The van der Waals surface area contributed by atoms with Crippen molar-refractivity contribution >= 4 is 17.6 Å². The van der Waals surface area contributed by atoms with Crippen molar-refractivity contribution in [3.05, 3.63) is 59.9 Å². The highest BCUT2D eigenvalue weighted by molar-refractivity contribution is 5.96. The van der Waals surface area contributed by atoms with E-state index < -0.39 is 17.5 Å². The Morgan fingerprint density at radius 3 is 2.65 bits per heavy atom. The van der Waals surface area contributed by atoms with Crippen LogP contribution in [0.15, 0.2) is 53.7 Å². The number of aromatic nitrogens is 1. The second-order valence-electron chi connectivity index (χ2n) is 5.91. The maximum atomic E-state index is 14.1. The molecule has 1 aromatic heterocycles. The van der Waals surface area contributed by atoms with Gasteiger partial charge in [0, 0.05) is 11.9 Å². The second-order valence-corrected chi connectivity index (χ2v) is 5.91. The zero-order valence-corrected chi connectivity index (χ0v) is 13.9. The molecule has 1 amide bonds. The molecule has 0 spiro atoms. The maximum Gasteiger partial charge on any atom is 0.366 e. The van der Waals surface area contributed by atoms with Gasteiger partial charge in [-0.3, -0.25) is 9.78 Å². The summed E-state index contributed by atoms with van der Waals surface area (Å²) in [4.78, 5) is 19.6. The van der Waals surface area contributed by atoms with Gasteiger partial charge < -0.3 is 15.8 Å². The lowest BCUT2D eigenvalue weighted by molar-refractivity contribution is -0.141. The molecule has 1 aliphatic rings. The summed E-state index contributed by atoms with van der Waals surface area (Å²) in [6.07, 6.45) is 2.73. The number of aliphatic imine (C=N–C) groups is 1. The first-order chi connectivity index (χ1) is 12.4. The number of amidine groups is 1. The standard InChI is InChI=1S/C18H18F2N4O2/c19-18(20,15-3-1-2-10-22-15)16(25)23-13-7-4-12(5-8-13)6-9-14-11-26-17(21)24-14/h1-5,7-8,10,14H,6,9,11H2,(H2,21,24)(H,23,25)/t14-/m0/s1. The molecule has 0 saturated carbocycles. The normalized spacial score (nSPS) is 16.7. The Labute approximate surface area is 149 Å². The van der Waals surface area contributed by atoms with Crippen LogP contribution in [0, 0.1) is 0 Å². The van der Waals surface area contributed by atoms with Crippen molar-refractivity contribution in [3.8, 4) is 0 Å². The van der Waals surface area contributed by atoms with E-state index in [1.165, 1.54) is 18.3 Å². The summed E-state index contributed by atoms with van der Waals surface area (Å²) in [5.74, 6) is -5.13. The van der Waals surface area contributed by atoms with Crippen LogP contribution < -0.4 is 11.1 Å². The Hall–Kier alpha value is -3.03. The SMILES string of the molecule is NC1=N[C@@H](CCc2ccc(NC(=O)C(F)(F)c3ccccn3)cc2)CO1. The van der Waals surface area contributed by atoms with Gasteiger partial charge in [-0.1, -0.05) is 18.2 Å². The van der Waals surface area contributed by atoms with Crippen LogP contribution >= 0.6 is 0 Å². The van der Waals surface area contributed by atoms with Crippen molar-refractivity contribution in [1.29, 1.82) is 0 Å². The van der Waals surface area contributed by atoms with Gasteiger partial charge in [0.25, 0.3) is 6.02 Å². The molecule has 1 atom stereocenters. The van der Waals surface area contributed by atoms with Crippen molar-refractivity contribution in [2.24, 2.45) is 10.7 Å². The lowest BCUT2D eigenvalue weighted by atomic mass is 10.1. The molecule has 3 N–H and O–H groups in total. The smallest absolute Gasteiger partial charge is 0.366 e.